The average molecular weight is 324 g/mol. The van der Waals surface area contributed by atoms with Crippen molar-refractivity contribution in [3.8, 4) is 0 Å². The standard InChI is InChI=1S/C14H20N4OS2/c1-8(2)18(9(3)4)11(19)7-21-14-16-12(15)10-5-6-20-13(10)17-14/h5-6,8-9H,7H2,1-4H3,(H2,15,16,17). The van der Waals surface area contributed by atoms with E-state index >= 15 is 0 Å². The molecule has 2 rings (SSSR count). The number of amides is 1. The van der Waals surface area contributed by atoms with E-state index < -0.39 is 0 Å². The molecule has 2 aromatic heterocycles. The number of hydrogen-bond donors (Lipinski definition) is 1. The van der Waals surface area contributed by atoms with Crippen LogP contribution in [0.3, 0.4) is 0 Å². The van der Waals surface area contributed by atoms with Crippen LogP contribution in [0.25, 0.3) is 10.2 Å². The molecule has 0 aliphatic carbocycles. The highest BCUT2D eigenvalue weighted by molar-refractivity contribution is 7.99. The van der Waals surface area contributed by atoms with E-state index in [1.807, 2.05) is 44.0 Å². The molecule has 7 heteroatoms. The highest BCUT2D eigenvalue weighted by Gasteiger charge is 2.20. The topological polar surface area (TPSA) is 72.1 Å². The summed E-state index contributed by atoms with van der Waals surface area (Å²) in [6.45, 7) is 8.09. The maximum Gasteiger partial charge on any atom is 0.233 e. The molecule has 0 aliphatic heterocycles. The molecule has 1 amide bonds. The van der Waals surface area contributed by atoms with Gasteiger partial charge in [-0.3, -0.25) is 4.79 Å². The van der Waals surface area contributed by atoms with Crippen LogP contribution in [-0.2, 0) is 4.79 Å². The Morgan fingerprint density at radius 2 is 2.00 bits per heavy atom. The smallest absolute Gasteiger partial charge is 0.233 e. The lowest BCUT2D eigenvalue weighted by Gasteiger charge is -2.30. The number of nitrogen functional groups attached to an aromatic ring is 1. The van der Waals surface area contributed by atoms with Gasteiger partial charge in [0, 0.05) is 12.1 Å². The molecule has 5 nitrogen and oxygen atoms in total. The Morgan fingerprint density at radius 1 is 1.33 bits per heavy atom. The predicted octanol–water partition coefficient (Wildman–Crippen LogP) is 3.01. The van der Waals surface area contributed by atoms with Crippen molar-refractivity contribution in [2.45, 2.75) is 44.9 Å². The largest absolute Gasteiger partial charge is 0.383 e. The summed E-state index contributed by atoms with van der Waals surface area (Å²) in [7, 11) is 0. The Balaban J connectivity index is 2.08. The molecule has 0 saturated carbocycles. The maximum atomic E-state index is 12.3. The van der Waals surface area contributed by atoms with Crippen molar-refractivity contribution in [3.05, 3.63) is 11.4 Å². The molecule has 2 heterocycles. The van der Waals surface area contributed by atoms with Crippen LogP contribution in [0.1, 0.15) is 27.7 Å². The molecule has 0 spiro atoms. The van der Waals surface area contributed by atoms with Crippen LogP contribution in [-0.4, -0.2) is 38.6 Å². The molecule has 21 heavy (non-hydrogen) atoms. The summed E-state index contributed by atoms with van der Waals surface area (Å²) < 4.78 is 0. The van der Waals surface area contributed by atoms with E-state index in [0.717, 1.165) is 10.2 Å². The van der Waals surface area contributed by atoms with Gasteiger partial charge in [0.05, 0.1) is 11.1 Å². The first-order valence-corrected chi connectivity index (χ1v) is 8.71. The summed E-state index contributed by atoms with van der Waals surface area (Å²) in [5.74, 6) is 0.895. The number of carbonyl (C=O) groups is 1. The molecule has 2 aromatic rings. The minimum atomic E-state index is 0.0958. The second-order valence-electron chi connectivity index (χ2n) is 5.31. The number of nitrogens with zero attached hydrogens (tertiary/aromatic N) is 3. The zero-order valence-corrected chi connectivity index (χ0v) is 14.3. The Hall–Kier alpha value is -1.34. The summed E-state index contributed by atoms with van der Waals surface area (Å²) in [6, 6.07) is 2.28. The number of rotatable bonds is 5. The summed E-state index contributed by atoms with van der Waals surface area (Å²) in [6.07, 6.45) is 0. The Morgan fingerprint density at radius 3 is 2.62 bits per heavy atom. The molecule has 0 atom stereocenters. The van der Waals surface area contributed by atoms with Gasteiger partial charge < -0.3 is 10.6 Å². The summed E-state index contributed by atoms with van der Waals surface area (Å²) in [5, 5.41) is 3.37. The number of hydrogen-bond acceptors (Lipinski definition) is 6. The minimum absolute atomic E-state index is 0.0958. The third-order valence-electron chi connectivity index (χ3n) is 3.06. The van der Waals surface area contributed by atoms with E-state index in [9.17, 15) is 4.79 Å². The molecule has 114 valence electrons. The van der Waals surface area contributed by atoms with Crippen LogP contribution in [0.5, 0.6) is 0 Å². The van der Waals surface area contributed by atoms with Gasteiger partial charge in [-0.1, -0.05) is 11.8 Å². The molecule has 0 unspecified atom stereocenters. The van der Waals surface area contributed by atoms with Gasteiger partial charge in [0.2, 0.25) is 5.91 Å². The second-order valence-corrected chi connectivity index (χ2v) is 7.15. The number of fused-ring (bicyclic) bond motifs is 1. The third-order valence-corrected chi connectivity index (χ3v) is 4.70. The first-order chi connectivity index (χ1) is 9.90. The average Bonchev–Trinajstić information content (AvgIpc) is 2.84. The first-order valence-electron chi connectivity index (χ1n) is 6.84. The molecule has 0 radical (unpaired) electrons. The lowest BCUT2D eigenvalue weighted by Crippen LogP contribution is -2.43. The number of nitrogens with two attached hydrogens (primary N) is 1. The zero-order valence-electron chi connectivity index (χ0n) is 12.7. The van der Waals surface area contributed by atoms with Gasteiger partial charge in [-0.25, -0.2) is 9.97 Å². The quantitative estimate of drug-likeness (QED) is 0.676. The second kappa shape index (κ2) is 6.62. The fourth-order valence-corrected chi connectivity index (χ4v) is 3.85. The number of anilines is 1. The summed E-state index contributed by atoms with van der Waals surface area (Å²) in [5.41, 5.74) is 5.91. The van der Waals surface area contributed by atoms with E-state index in [0.29, 0.717) is 16.7 Å². The SMILES string of the molecule is CC(C)N(C(=O)CSc1nc(N)c2ccsc2n1)C(C)C. The highest BCUT2D eigenvalue weighted by atomic mass is 32.2. The molecule has 0 aliphatic rings. The summed E-state index contributed by atoms with van der Waals surface area (Å²) >= 11 is 2.86. The fraction of sp³-hybridized carbons (Fsp3) is 0.500. The van der Waals surface area contributed by atoms with E-state index in [-0.39, 0.29) is 18.0 Å². The van der Waals surface area contributed by atoms with Crippen molar-refractivity contribution in [1.29, 1.82) is 0 Å². The van der Waals surface area contributed by atoms with Gasteiger partial charge >= 0.3 is 0 Å². The summed E-state index contributed by atoms with van der Waals surface area (Å²) in [4.78, 5) is 23.8. The molecular weight excluding hydrogens is 304 g/mol. The Bertz CT molecular complexity index is 631. The Kier molecular flexibility index (Phi) is 5.05. The molecule has 0 saturated heterocycles. The number of thiophene rings is 1. The van der Waals surface area contributed by atoms with Crippen LogP contribution >= 0.6 is 23.1 Å². The maximum absolute atomic E-state index is 12.3. The van der Waals surface area contributed by atoms with Crippen LogP contribution in [0.15, 0.2) is 16.6 Å². The van der Waals surface area contributed by atoms with Crippen molar-refractivity contribution >= 4 is 45.0 Å². The van der Waals surface area contributed by atoms with Crippen molar-refractivity contribution in [1.82, 2.24) is 14.9 Å². The van der Waals surface area contributed by atoms with E-state index in [1.54, 1.807) is 0 Å². The van der Waals surface area contributed by atoms with Crippen LogP contribution in [0, 0.1) is 0 Å². The van der Waals surface area contributed by atoms with Gasteiger partial charge in [0.1, 0.15) is 10.6 Å². The van der Waals surface area contributed by atoms with E-state index in [1.165, 1.54) is 23.1 Å². The highest BCUT2D eigenvalue weighted by Crippen LogP contribution is 2.26. The molecule has 0 aromatic carbocycles. The number of carbonyl (C=O) groups excluding carboxylic acids is 1. The van der Waals surface area contributed by atoms with Gasteiger partial charge in [-0.2, -0.15) is 0 Å². The van der Waals surface area contributed by atoms with Gasteiger partial charge in [0.25, 0.3) is 0 Å². The normalized spacial score (nSPS) is 11.5. The molecular formula is C14H20N4OS2. The van der Waals surface area contributed by atoms with E-state index in [4.69, 9.17) is 5.73 Å². The molecule has 0 fully saturated rings. The lowest BCUT2D eigenvalue weighted by molar-refractivity contribution is -0.131. The van der Waals surface area contributed by atoms with Crippen LogP contribution in [0.2, 0.25) is 0 Å². The fourth-order valence-electron chi connectivity index (χ4n) is 2.30. The van der Waals surface area contributed by atoms with Gasteiger partial charge in [-0.05, 0) is 39.1 Å². The molecule has 0 bridgehead atoms. The minimum Gasteiger partial charge on any atom is -0.383 e. The van der Waals surface area contributed by atoms with Crippen molar-refractivity contribution < 1.29 is 4.79 Å². The number of thioether (sulfide) groups is 1. The van der Waals surface area contributed by atoms with Crippen molar-refractivity contribution in [2.24, 2.45) is 0 Å². The molecule has 2 N–H and O–H groups in total. The third kappa shape index (κ3) is 3.65. The Labute approximate surface area is 132 Å². The predicted molar refractivity (Wildman–Crippen MR) is 89.7 cm³/mol. The lowest BCUT2D eigenvalue weighted by atomic mass is 10.2. The van der Waals surface area contributed by atoms with Crippen LogP contribution < -0.4 is 5.73 Å². The zero-order chi connectivity index (χ0) is 15.6. The van der Waals surface area contributed by atoms with Crippen LogP contribution in [0.4, 0.5) is 5.82 Å². The van der Waals surface area contributed by atoms with Gasteiger partial charge in [0.15, 0.2) is 5.16 Å². The van der Waals surface area contributed by atoms with Crippen molar-refractivity contribution in [2.75, 3.05) is 11.5 Å². The van der Waals surface area contributed by atoms with Crippen molar-refractivity contribution in [3.63, 3.8) is 0 Å². The first kappa shape index (κ1) is 16.0. The monoisotopic (exact) mass is 324 g/mol. The van der Waals surface area contributed by atoms with E-state index in [2.05, 4.69) is 9.97 Å². The number of aromatic nitrogens is 2. The van der Waals surface area contributed by atoms with Gasteiger partial charge in [-0.15, -0.1) is 11.3 Å².